The van der Waals surface area contributed by atoms with Crippen LogP contribution in [0.15, 0.2) is 24.3 Å². The lowest BCUT2D eigenvalue weighted by atomic mass is 10.1. The summed E-state index contributed by atoms with van der Waals surface area (Å²) >= 11 is 8.32. The number of para-hydroxylation sites is 1. The molecule has 1 N–H and O–H groups in total. The Morgan fingerprint density at radius 2 is 1.81 bits per heavy atom. The third-order valence-electron chi connectivity index (χ3n) is 3.36. The van der Waals surface area contributed by atoms with Crippen LogP contribution in [0.1, 0.15) is 19.3 Å². The van der Waals surface area contributed by atoms with E-state index in [4.69, 9.17) is 11.6 Å². The van der Waals surface area contributed by atoms with Gasteiger partial charge in [-0.05, 0) is 65.6 Å². The maximum absolute atomic E-state index is 6.04. The number of halogens is 2. The average Bonchev–Trinajstić information content (AvgIpc) is 2.50. The molecule has 5 nitrogen and oxygen atoms in total. The van der Waals surface area contributed by atoms with E-state index < -0.39 is 0 Å². The van der Waals surface area contributed by atoms with Crippen molar-refractivity contribution >= 4 is 51.8 Å². The molecule has 1 aliphatic heterocycles. The van der Waals surface area contributed by atoms with Crippen LogP contribution in [0, 0.1) is 3.57 Å². The van der Waals surface area contributed by atoms with Crippen molar-refractivity contribution in [3.05, 3.63) is 33.1 Å². The van der Waals surface area contributed by atoms with Crippen LogP contribution in [-0.4, -0.2) is 28.0 Å². The lowest BCUT2D eigenvalue weighted by Gasteiger charge is -2.26. The number of hydrogen-bond acceptors (Lipinski definition) is 5. The van der Waals surface area contributed by atoms with Crippen molar-refractivity contribution in [2.75, 3.05) is 23.3 Å². The Morgan fingerprint density at radius 3 is 2.57 bits per heavy atom. The van der Waals surface area contributed by atoms with E-state index in [1.54, 1.807) is 0 Å². The summed E-state index contributed by atoms with van der Waals surface area (Å²) in [7, 11) is 0. The molecule has 1 fully saturated rings. The largest absolute Gasteiger partial charge is 0.341 e. The van der Waals surface area contributed by atoms with E-state index in [-0.39, 0.29) is 5.28 Å². The van der Waals surface area contributed by atoms with E-state index in [1.165, 1.54) is 19.3 Å². The molecule has 2 heterocycles. The van der Waals surface area contributed by atoms with Gasteiger partial charge in [0.2, 0.25) is 17.2 Å². The highest BCUT2D eigenvalue weighted by Gasteiger charge is 2.16. The Bertz CT molecular complexity index is 631. The maximum atomic E-state index is 6.04. The van der Waals surface area contributed by atoms with Crippen LogP contribution in [0.3, 0.4) is 0 Å². The summed E-state index contributed by atoms with van der Waals surface area (Å²) in [5.74, 6) is 1.14. The molecule has 0 amide bonds. The zero-order chi connectivity index (χ0) is 14.7. The second kappa shape index (κ2) is 6.74. The van der Waals surface area contributed by atoms with Crippen LogP contribution in [0.5, 0.6) is 0 Å². The topological polar surface area (TPSA) is 53.9 Å². The highest BCUT2D eigenvalue weighted by Crippen LogP contribution is 2.23. The maximum Gasteiger partial charge on any atom is 0.233 e. The summed E-state index contributed by atoms with van der Waals surface area (Å²) in [6.45, 7) is 1.95. The Kier molecular flexibility index (Phi) is 4.74. The van der Waals surface area contributed by atoms with Crippen LogP contribution >= 0.6 is 34.2 Å². The van der Waals surface area contributed by atoms with Gasteiger partial charge >= 0.3 is 0 Å². The van der Waals surface area contributed by atoms with Gasteiger partial charge < -0.3 is 10.2 Å². The predicted molar refractivity (Wildman–Crippen MR) is 93.3 cm³/mol. The van der Waals surface area contributed by atoms with Crippen molar-refractivity contribution in [1.29, 1.82) is 0 Å². The zero-order valence-corrected chi connectivity index (χ0v) is 14.3. The van der Waals surface area contributed by atoms with Crippen molar-refractivity contribution in [3.63, 3.8) is 0 Å². The van der Waals surface area contributed by atoms with Gasteiger partial charge in [-0.2, -0.15) is 15.0 Å². The van der Waals surface area contributed by atoms with Gasteiger partial charge in [0.05, 0.1) is 5.69 Å². The number of nitrogens with zero attached hydrogens (tertiary/aromatic N) is 4. The van der Waals surface area contributed by atoms with E-state index in [0.717, 1.165) is 22.3 Å². The fourth-order valence-corrected chi connectivity index (χ4v) is 2.99. The molecule has 2 aromatic rings. The summed E-state index contributed by atoms with van der Waals surface area (Å²) in [5, 5.41) is 3.43. The third-order valence-corrected chi connectivity index (χ3v) is 4.47. The monoisotopic (exact) mass is 415 g/mol. The smallest absolute Gasteiger partial charge is 0.233 e. The summed E-state index contributed by atoms with van der Waals surface area (Å²) in [6.07, 6.45) is 3.61. The highest BCUT2D eigenvalue weighted by molar-refractivity contribution is 14.1. The van der Waals surface area contributed by atoms with Crippen molar-refractivity contribution in [3.8, 4) is 0 Å². The zero-order valence-electron chi connectivity index (χ0n) is 11.4. The second-order valence-electron chi connectivity index (χ2n) is 4.88. The van der Waals surface area contributed by atoms with Crippen LogP contribution < -0.4 is 10.2 Å². The minimum absolute atomic E-state index is 0.221. The van der Waals surface area contributed by atoms with Crippen LogP contribution in [0.2, 0.25) is 5.28 Å². The molecule has 0 saturated carbocycles. The minimum Gasteiger partial charge on any atom is -0.341 e. The molecule has 0 radical (unpaired) electrons. The van der Waals surface area contributed by atoms with E-state index in [2.05, 4.69) is 47.8 Å². The van der Waals surface area contributed by atoms with E-state index in [0.29, 0.717) is 11.9 Å². The lowest BCUT2D eigenvalue weighted by Crippen LogP contribution is -2.31. The Hall–Kier alpha value is -1.15. The van der Waals surface area contributed by atoms with Gasteiger partial charge in [0.25, 0.3) is 0 Å². The molecule has 1 saturated heterocycles. The first-order chi connectivity index (χ1) is 10.2. The minimum atomic E-state index is 0.221. The fraction of sp³-hybridized carbons (Fsp3) is 0.357. The molecule has 0 bridgehead atoms. The highest BCUT2D eigenvalue weighted by atomic mass is 127. The van der Waals surface area contributed by atoms with Crippen LogP contribution in [0.25, 0.3) is 0 Å². The molecule has 0 aliphatic carbocycles. The third kappa shape index (κ3) is 3.74. The molecule has 110 valence electrons. The van der Waals surface area contributed by atoms with Crippen LogP contribution in [0.4, 0.5) is 17.6 Å². The molecule has 1 aliphatic rings. The number of nitrogens with one attached hydrogen (secondary N) is 1. The van der Waals surface area contributed by atoms with Crippen molar-refractivity contribution < 1.29 is 0 Å². The summed E-state index contributed by atoms with van der Waals surface area (Å²) in [5.41, 5.74) is 0.963. The van der Waals surface area contributed by atoms with Gasteiger partial charge in [-0.1, -0.05) is 12.1 Å². The number of rotatable bonds is 3. The van der Waals surface area contributed by atoms with E-state index in [9.17, 15) is 0 Å². The Balaban J connectivity index is 1.85. The molecular formula is C14H15ClIN5. The van der Waals surface area contributed by atoms with Crippen LogP contribution in [-0.2, 0) is 0 Å². The summed E-state index contributed by atoms with van der Waals surface area (Å²) in [6, 6.07) is 7.97. The molecular weight excluding hydrogens is 401 g/mol. The van der Waals surface area contributed by atoms with Crippen molar-refractivity contribution in [2.24, 2.45) is 0 Å². The Labute approximate surface area is 142 Å². The lowest BCUT2D eigenvalue weighted by molar-refractivity contribution is 0.567. The van der Waals surface area contributed by atoms with E-state index in [1.807, 2.05) is 24.3 Å². The molecule has 7 heteroatoms. The number of aromatic nitrogens is 3. The molecule has 1 aromatic heterocycles. The molecule has 0 atom stereocenters. The SMILES string of the molecule is Clc1nc(Nc2ccccc2I)nc(N2CCCCC2)n1. The molecule has 0 spiro atoms. The molecule has 3 rings (SSSR count). The number of piperidine rings is 1. The van der Waals surface area contributed by atoms with Gasteiger partial charge in [-0.25, -0.2) is 0 Å². The Morgan fingerprint density at radius 1 is 1.05 bits per heavy atom. The first-order valence-electron chi connectivity index (χ1n) is 6.90. The van der Waals surface area contributed by atoms with Gasteiger partial charge in [-0.15, -0.1) is 0 Å². The molecule has 0 unspecified atom stereocenters. The van der Waals surface area contributed by atoms with Crippen molar-refractivity contribution in [1.82, 2.24) is 15.0 Å². The molecule has 21 heavy (non-hydrogen) atoms. The predicted octanol–water partition coefficient (Wildman–Crippen LogP) is 3.86. The number of anilines is 3. The van der Waals surface area contributed by atoms with E-state index >= 15 is 0 Å². The summed E-state index contributed by atoms with van der Waals surface area (Å²) < 4.78 is 1.10. The average molecular weight is 416 g/mol. The van der Waals surface area contributed by atoms with Gasteiger partial charge in [0.1, 0.15) is 0 Å². The van der Waals surface area contributed by atoms with Gasteiger partial charge in [0.15, 0.2) is 0 Å². The molecule has 1 aromatic carbocycles. The van der Waals surface area contributed by atoms with Gasteiger partial charge in [-0.3, -0.25) is 0 Å². The fourth-order valence-electron chi connectivity index (χ4n) is 2.31. The normalized spacial score (nSPS) is 15.0. The first kappa shape index (κ1) is 14.8. The van der Waals surface area contributed by atoms with Gasteiger partial charge in [0, 0.05) is 16.7 Å². The van der Waals surface area contributed by atoms with Crippen molar-refractivity contribution in [2.45, 2.75) is 19.3 Å². The standard InChI is InChI=1S/C14H15ClIN5/c15-12-18-13(17-11-7-3-2-6-10(11)16)20-14(19-12)21-8-4-1-5-9-21/h2-3,6-7H,1,4-5,8-9H2,(H,17,18,19,20). The summed E-state index contributed by atoms with van der Waals surface area (Å²) in [4.78, 5) is 15.1. The quantitative estimate of drug-likeness (QED) is 0.772. The number of benzene rings is 1. The second-order valence-corrected chi connectivity index (χ2v) is 6.38. The number of hydrogen-bond donors (Lipinski definition) is 1. The first-order valence-corrected chi connectivity index (χ1v) is 8.36.